The molecular formula is C13H17NO. The Balaban J connectivity index is 2.28. The lowest BCUT2D eigenvalue weighted by Crippen LogP contribution is -1.83. The summed E-state index contributed by atoms with van der Waals surface area (Å²) in [6, 6.07) is 5.99. The molecule has 2 heteroatoms. The summed E-state index contributed by atoms with van der Waals surface area (Å²) in [6.45, 7) is 1.99. The molecule has 1 aromatic heterocycles. The molecule has 0 spiro atoms. The van der Waals surface area contributed by atoms with Gasteiger partial charge in [0.15, 0.2) is 0 Å². The number of carbonyl (C=O) groups excluding carboxylic acids is 1. The number of nitrogens with zero attached hydrogens (tertiary/aromatic N) is 1. The summed E-state index contributed by atoms with van der Waals surface area (Å²) in [6.07, 6.45) is 8.88. The minimum Gasteiger partial charge on any atom is -0.303 e. The van der Waals surface area contributed by atoms with Gasteiger partial charge in [-0.3, -0.25) is 4.98 Å². The van der Waals surface area contributed by atoms with Crippen molar-refractivity contribution in [2.24, 2.45) is 0 Å². The second kappa shape index (κ2) is 6.93. The van der Waals surface area contributed by atoms with Crippen LogP contribution >= 0.6 is 0 Å². The number of rotatable bonds is 6. The fourth-order valence-electron chi connectivity index (χ4n) is 1.35. The average molecular weight is 203 g/mol. The van der Waals surface area contributed by atoms with Gasteiger partial charge in [-0.2, -0.15) is 0 Å². The van der Waals surface area contributed by atoms with Gasteiger partial charge in [0.2, 0.25) is 0 Å². The molecule has 0 amide bonds. The summed E-state index contributed by atoms with van der Waals surface area (Å²) >= 11 is 0. The van der Waals surface area contributed by atoms with E-state index in [-0.39, 0.29) is 0 Å². The predicted octanol–water partition coefficient (Wildman–Crippen LogP) is 3.16. The Morgan fingerprint density at radius 1 is 1.27 bits per heavy atom. The highest BCUT2D eigenvalue weighted by atomic mass is 16.1. The monoisotopic (exact) mass is 203 g/mol. The Labute approximate surface area is 91.0 Å². The van der Waals surface area contributed by atoms with E-state index in [9.17, 15) is 4.79 Å². The zero-order valence-corrected chi connectivity index (χ0v) is 9.15. The molecule has 0 fully saturated rings. The number of hydrogen-bond donors (Lipinski definition) is 0. The van der Waals surface area contributed by atoms with Crippen molar-refractivity contribution >= 4 is 12.4 Å². The molecule has 0 N–H and O–H groups in total. The molecule has 0 aromatic carbocycles. The Kier molecular flexibility index (Phi) is 5.38. The predicted molar refractivity (Wildman–Crippen MR) is 62.5 cm³/mol. The van der Waals surface area contributed by atoms with Crippen LogP contribution in [0.4, 0.5) is 0 Å². The molecule has 0 radical (unpaired) electrons. The van der Waals surface area contributed by atoms with Crippen LogP contribution in [0.1, 0.15) is 37.1 Å². The van der Waals surface area contributed by atoms with Gasteiger partial charge in [-0.05, 0) is 44.4 Å². The van der Waals surface area contributed by atoms with Crippen LogP contribution in [0.15, 0.2) is 24.3 Å². The van der Waals surface area contributed by atoms with Crippen molar-refractivity contribution < 1.29 is 4.79 Å². The molecule has 0 aliphatic rings. The normalized spacial score (nSPS) is 10.7. The molecule has 0 saturated heterocycles. The molecule has 0 unspecified atom stereocenters. The molecule has 0 aliphatic heterocycles. The van der Waals surface area contributed by atoms with Crippen LogP contribution in [0.25, 0.3) is 6.08 Å². The van der Waals surface area contributed by atoms with E-state index in [4.69, 9.17) is 0 Å². The van der Waals surface area contributed by atoms with Gasteiger partial charge in [-0.15, -0.1) is 0 Å². The average Bonchev–Trinajstić information content (AvgIpc) is 2.23. The molecule has 0 atom stereocenters. The molecule has 0 bridgehead atoms. The van der Waals surface area contributed by atoms with Crippen LogP contribution in [-0.2, 0) is 4.79 Å². The number of allylic oxidation sites excluding steroid dienone is 1. The molecule has 80 valence electrons. The van der Waals surface area contributed by atoms with Crippen molar-refractivity contribution in [1.82, 2.24) is 4.98 Å². The third-order valence-corrected chi connectivity index (χ3v) is 2.14. The number of aldehydes is 1. The van der Waals surface area contributed by atoms with Gasteiger partial charge in [0, 0.05) is 12.1 Å². The maximum Gasteiger partial charge on any atom is 0.119 e. The Hall–Kier alpha value is -1.44. The Bertz CT molecular complexity index is 331. The van der Waals surface area contributed by atoms with E-state index in [0.29, 0.717) is 6.42 Å². The topological polar surface area (TPSA) is 30.0 Å². The van der Waals surface area contributed by atoms with Gasteiger partial charge < -0.3 is 4.79 Å². The minimum absolute atomic E-state index is 0.677. The van der Waals surface area contributed by atoms with Crippen molar-refractivity contribution in [3.8, 4) is 0 Å². The molecule has 0 saturated carbocycles. The summed E-state index contributed by atoms with van der Waals surface area (Å²) in [5.41, 5.74) is 2.04. The van der Waals surface area contributed by atoms with Gasteiger partial charge in [-0.25, -0.2) is 0 Å². The zero-order chi connectivity index (χ0) is 10.9. The lowest BCUT2D eigenvalue weighted by atomic mass is 10.2. The van der Waals surface area contributed by atoms with Crippen molar-refractivity contribution in [3.63, 3.8) is 0 Å². The fraction of sp³-hybridized carbons (Fsp3) is 0.385. The first-order valence-electron chi connectivity index (χ1n) is 5.37. The fourth-order valence-corrected chi connectivity index (χ4v) is 1.35. The first kappa shape index (κ1) is 11.6. The summed E-state index contributed by atoms with van der Waals surface area (Å²) in [5.74, 6) is 0. The van der Waals surface area contributed by atoms with Crippen molar-refractivity contribution in [1.29, 1.82) is 0 Å². The number of hydrogen-bond acceptors (Lipinski definition) is 2. The van der Waals surface area contributed by atoms with Gasteiger partial charge in [0.05, 0.1) is 5.69 Å². The van der Waals surface area contributed by atoms with Crippen LogP contribution < -0.4 is 0 Å². The number of unbranched alkanes of at least 4 members (excludes halogenated alkanes) is 3. The van der Waals surface area contributed by atoms with E-state index in [1.54, 1.807) is 0 Å². The van der Waals surface area contributed by atoms with Gasteiger partial charge in [0.25, 0.3) is 0 Å². The molecule has 2 nitrogen and oxygen atoms in total. The quantitative estimate of drug-likeness (QED) is 0.525. The van der Waals surface area contributed by atoms with Crippen LogP contribution in [0.2, 0.25) is 0 Å². The van der Waals surface area contributed by atoms with E-state index in [0.717, 1.165) is 36.9 Å². The van der Waals surface area contributed by atoms with Gasteiger partial charge in [-0.1, -0.05) is 12.1 Å². The van der Waals surface area contributed by atoms with Crippen LogP contribution in [0.3, 0.4) is 0 Å². The third kappa shape index (κ3) is 5.11. The molecule has 15 heavy (non-hydrogen) atoms. The van der Waals surface area contributed by atoms with E-state index in [1.165, 1.54) is 0 Å². The Morgan fingerprint density at radius 3 is 2.80 bits per heavy atom. The van der Waals surface area contributed by atoms with Crippen LogP contribution in [0.5, 0.6) is 0 Å². The Morgan fingerprint density at radius 2 is 2.07 bits per heavy atom. The smallest absolute Gasteiger partial charge is 0.119 e. The lowest BCUT2D eigenvalue weighted by molar-refractivity contribution is -0.107. The first-order valence-corrected chi connectivity index (χ1v) is 5.37. The minimum atomic E-state index is 0.677. The van der Waals surface area contributed by atoms with E-state index >= 15 is 0 Å². The summed E-state index contributed by atoms with van der Waals surface area (Å²) in [5, 5.41) is 0. The van der Waals surface area contributed by atoms with E-state index in [1.807, 2.05) is 31.2 Å². The second-order valence-electron chi connectivity index (χ2n) is 3.56. The maximum atomic E-state index is 10.1. The number of pyridine rings is 1. The summed E-state index contributed by atoms with van der Waals surface area (Å²) < 4.78 is 0. The van der Waals surface area contributed by atoms with Crippen molar-refractivity contribution in [2.75, 3.05) is 0 Å². The van der Waals surface area contributed by atoms with Crippen molar-refractivity contribution in [2.45, 2.75) is 32.6 Å². The SMILES string of the molecule is Cc1cccc(/C=C/CCCCC=O)n1. The molecule has 1 heterocycles. The number of carbonyl (C=O) groups is 1. The van der Waals surface area contributed by atoms with Gasteiger partial charge >= 0.3 is 0 Å². The van der Waals surface area contributed by atoms with Crippen molar-refractivity contribution in [3.05, 3.63) is 35.7 Å². The van der Waals surface area contributed by atoms with E-state index < -0.39 is 0 Å². The van der Waals surface area contributed by atoms with Gasteiger partial charge in [0.1, 0.15) is 6.29 Å². The van der Waals surface area contributed by atoms with Crippen LogP contribution in [-0.4, -0.2) is 11.3 Å². The number of aryl methyl sites for hydroxylation is 1. The van der Waals surface area contributed by atoms with E-state index in [2.05, 4.69) is 11.1 Å². The summed E-state index contributed by atoms with van der Waals surface area (Å²) in [7, 11) is 0. The molecular weight excluding hydrogens is 186 g/mol. The zero-order valence-electron chi connectivity index (χ0n) is 9.15. The highest BCUT2D eigenvalue weighted by Gasteiger charge is 1.89. The largest absolute Gasteiger partial charge is 0.303 e. The number of aromatic nitrogens is 1. The second-order valence-corrected chi connectivity index (χ2v) is 3.56. The third-order valence-electron chi connectivity index (χ3n) is 2.14. The molecule has 1 rings (SSSR count). The summed E-state index contributed by atoms with van der Waals surface area (Å²) in [4.78, 5) is 14.4. The standard InChI is InChI=1S/C13H17NO/c1-12-8-7-10-13(14-12)9-5-3-2-4-6-11-15/h5,7-11H,2-4,6H2,1H3/b9-5+. The molecule has 0 aliphatic carbocycles. The highest BCUT2D eigenvalue weighted by molar-refractivity contribution is 5.49. The van der Waals surface area contributed by atoms with Crippen LogP contribution in [0, 0.1) is 6.92 Å². The molecule has 1 aromatic rings. The highest BCUT2D eigenvalue weighted by Crippen LogP contribution is 2.04. The lowest BCUT2D eigenvalue weighted by Gasteiger charge is -1.95. The first-order chi connectivity index (χ1) is 7.33. The maximum absolute atomic E-state index is 10.1.